The number of nitrogen functional groups attached to an aromatic ring is 2. The largest absolute Gasteiger partial charge is 0.487 e. The summed E-state index contributed by atoms with van der Waals surface area (Å²) in [7, 11) is 0. The Morgan fingerprint density at radius 2 is 0.821 bits per heavy atom. The molecule has 0 aliphatic carbocycles. The molecule has 152 valence electrons. The molecule has 8 heteroatoms. The number of rotatable bonds is 0. The van der Waals surface area contributed by atoms with Crippen LogP contribution < -0.4 is 30.4 Å². The van der Waals surface area contributed by atoms with E-state index in [-0.39, 0.29) is 0 Å². The van der Waals surface area contributed by atoms with Crippen molar-refractivity contribution in [3.05, 3.63) is 36.4 Å². The lowest BCUT2D eigenvalue weighted by Crippen LogP contribution is -2.15. The van der Waals surface area contributed by atoms with Crippen LogP contribution in [-0.4, -0.2) is 52.9 Å². The first-order chi connectivity index (χ1) is 13.7. The molecule has 0 atom stereocenters. The predicted molar refractivity (Wildman–Crippen MR) is 105 cm³/mol. The van der Waals surface area contributed by atoms with Gasteiger partial charge in [0.05, 0.1) is 26.4 Å². The molecule has 3 rings (SSSR count). The standard InChI is InChI=1S/C20H26N2O6/c21-15-1-3-17-19(13-15)27-11-7-24-6-10-26-18-4-2-16(22)14-20(18)28-12-8-23-5-9-25-17/h1-4,13-14H,5-12,21-22H2. The second-order valence-corrected chi connectivity index (χ2v) is 6.03. The zero-order valence-corrected chi connectivity index (χ0v) is 15.7. The third-order valence-corrected chi connectivity index (χ3v) is 3.88. The fraction of sp³-hybridized carbons (Fsp3) is 0.400. The Morgan fingerprint density at radius 1 is 0.464 bits per heavy atom. The van der Waals surface area contributed by atoms with E-state index in [9.17, 15) is 0 Å². The summed E-state index contributed by atoms with van der Waals surface area (Å²) in [5.74, 6) is 2.39. The predicted octanol–water partition coefficient (Wildman–Crippen LogP) is 2.11. The van der Waals surface area contributed by atoms with Crippen molar-refractivity contribution in [1.82, 2.24) is 0 Å². The second kappa shape index (κ2) is 10.5. The molecule has 0 saturated carbocycles. The van der Waals surface area contributed by atoms with Gasteiger partial charge in [0.15, 0.2) is 23.0 Å². The van der Waals surface area contributed by atoms with Crippen molar-refractivity contribution >= 4 is 11.4 Å². The number of hydrogen-bond donors (Lipinski definition) is 2. The quantitative estimate of drug-likeness (QED) is 0.659. The summed E-state index contributed by atoms with van der Waals surface area (Å²) in [6.45, 7) is 3.14. The van der Waals surface area contributed by atoms with E-state index >= 15 is 0 Å². The van der Waals surface area contributed by atoms with Gasteiger partial charge < -0.3 is 39.9 Å². The van der Waals surface area contributed by atoms with Crippen molar-refractivity contribution in [2.45, 2.75) is 0 Å². The zero-order valence-electron chi connectivity index (χ0n) is 15.7. The Kier molecular flexibility index (Phi) is 7.45. The van der Waals surface area contributed by atoms with Crippen molar-refractivity contribution in [2.75, 3.05) is 64.3 Å². The summed E-state index contributed by atoms with van der Waals surface area (Å²) in [6, 6.07) is 10.5. The van der Waals surface area contributed by atoms with Gasteiger partial charge in [0.2, 0.25) is 0 Å². The van der Waals surface area contributed by atoms with E-state index in [2.05, 4.69) is 0 Å². The normalized spacial score (nSPS) is 16.6. The van der Waals surface area contributed by atoms with Crippen LogP contribution >= 0.6 is 0 Å². The third kappa shape index (κ3) is 6.11. The van der Waals surface area contributed by atoms with Crippen LogP contribution in [0.3, 0.4) is 0 Å². The number of fused-ring (bicyclic) bond motifs is 2. The van der Waals surface area contributed by atoms with Gasteiger partial charge in [0.1, 0.15) is 26.4 Å². The van der Waals surface area contributed by atoms with Crippen LogP contribution in [0, 0.1) is 0 Å². The molecule has 0 radical (unpaired) electrons. The Labute approximate surface area is 164 Å². The molecular formula is C20H26N2O6. The number of hydrogen-bond acceptors (Lipinski definition) is 8. The van der Waals surface area contributed by atoms with E-state index < -0.39 is 0 Å². The Bertz CT molecular complexity index is 692. The minimum Gasteiger partial charge on any atom is -0.487 e. The summed E-state index contributed by atoms with van der Waals surface area (Å²) >= 11 is 0. The lowest BCUT2D eigenvalue weighted by atomic mass is 10.3. The first-order valence-electron chi connectivity index (χ1n) is 9.18. The highest BCUT2D eigenvalue weighted by atomic mass is 16.6. The maximum absolute atomic E-state index is 5.83. The van der Waals surface area contributed by atoms with E-state index in [0.717, 1.165) is 0 Å². The molecule has 0 bridgehead atoms. The SMILES string of the molecule is Nc1ccc2c(c1)OCCOCCOc1ccc(N)cc1OCCOCCO2. The van der Waals surface area contributed by atoms with Gasteiger partial charge in [-0.05, 0) is 24.3 Å². The van der Waals surface area contributed by atoms with Crippen LogP contribution in [0.4, 0.5) is 11.4 Å². The molecule has 0 spiro atoms. The van der Waals surface area contributed by atoms with Gasteiger partial charge in [-0.3, -0.25) is 0 Å². The topological polar surface area (TPSA) is 107 Å². The van der Waals surface area contributed by atoms with E-state index in [1.807, 2.05) is 0 Å². The van der Waals surface area contributed by atoms with Gasteiger partial charge >= 0.3 is 0 Å². The average Bonchev–Trinajstić information content (AvgIpc) is 2.68. The molecule has 0 unspecified atom stereocenters. The molecule has 0 saturated heterocycles. The maximum atomic E-state index is 5.83. The van der Waals surface area contributed by atoms with Crippen LogP contribution in [-0.2, 0) is 9.47 Å². The number of anilines is 2. The molecule has 28 heavy (non-hydrogen) atoms. The lowest BCUT2D eigenvalue weighted by Gasteiger charge is -2.16. The van der Waals surface area contributed by atoms with Crippen molar-refractivity contribution in [3.8, 4) is 23.0 Å². The molecule has 1 aliphatic heterocycles. The summed E-state index contributed by atoms with van der Waals surface area (Å²) in [6.07, 6.45) is 0. The van der Waals surface area contributed by atoms with Gasteiger partial charge in [-0.25, -0.2) is 0 Å². The molecule has 2 aromatic rings. The van der Waals surface area contributed by atoms with Crippen molar-refractivity contribution in [1.29, 1.82) is 0 Å². The highest BCUT2D eigenvalue weighted by molar-refractivity contribution is 5.52. The summed E-state index contributed by atoms with van der Waals surface area (Å²) in [5.41, 5.74) is 12.9. The first-order valence-corrected chi connectivity index (χ1v) is 9.18. The van der Waals surface area contributed by atoms with E-state index in [4.69, 9.17) is 39.9 Å². The Hall–Kier alpha value is -2.84. The zero-order chi connectivity index (χ0) is 19.6. The van der Waals surface area contributed by atoms with Crippen molar-refractivity contribution in [2.24, 2.45) is 0 Å². The molecule has 0 amide bonds. The van der Waals surface area contributed by atoms with Gasteiger partial charge in [-0.2, -0.15) is 0 Å². The molecule has 1 aliphatic rings. The highest BCUT2D eigenvalue weighted by Gasteiger charge is 2.08. The number of benzene rings is 2. The van der Waals surface area contributed by atoms with Gasteiger partial charge in [0, 0.05) is 23.5 Å². The molecule has 0 fully saturated rings. The number of ether oxygens (including phenoxy) is 6. The molecular weight excluding hydrogens is 364 g/mol. The van der Waals surface area contributed by atoms with Crippen LogP contribution in [0.5, 0.6) is 23.0 Å². The van der Waals surface area contributed by atoms with Crippen LogP contribution in [0.25, 0.3) is 0 Å². The smallest absolute Gasteiger partial charge is 0.163 e. The summed E-state index contributed by atoms with van der Waals surface area (Å²) in [4.78, 5) is 0. The minimum atomic E-state index is 0.368. The maximum Gasteiger partial charge on any atom is 0.163 e. The highest BCUT2D eigenvalue weighted by Crippen LogP contribution is 2.30. The van der Waals surface area contributed by atoms with Crippen LogP contribution in [0.2, 0.25) is 0 Å². The third-order valence-electron chi connectivity index (χ3n) is 3.88. The van der Waals surface area contributed by atoms with Gasteiger partial charge in [0.25, 0.3) is 0 Å². The summed E-state index contributed by atoms with van der Waals surface area (Å²) < 4.78 is 34.1. The van der Waals surface area contributed by atoms with Gasteiger partial charge in [-0.1, -0.05) is 0 Å². The lowest BCUT2D eigenvalue weighted by molar-refractivity contribution is 0.0640. The molecule has 2 aromatic carbocycles. The monoisotopic (exact) mass is 390 g/mol. The minimum absolute atomic E-state index is 0.368. The van der Waals surface area contributed by atoms with Crippen molar-refractivity contribution in [3.63, 3.8) is 0 Å². The number of nitrogens with two attached hydrogens (primary N) is 2. The molecule has 0 aromatic heterocycles. The Balaban J connectivity index is 1.60. The van der Waals surface area contributed by atoms with E-state index in [0.29, 0.717) is 87.2 Å². The van der Waals surface area contributed by atoms with Crippen LogP contribution in [0.1, 0.15) is 0 Å². The molecule has 1 heterocycles. The summed E-state index contributed by atoms with van der Waals surface area (Å²) in [5, 5.41) is 0. The fourth-order valence-electron chi connectivity index (χ4n) is 2.56. The Morgan fingerprint density at radius 3 is 1.21 bits per heavy atom. The second-order valence-electron chi connectivity index (χ2n) is 6.03. The fourth-order valence-corrected chi connectivity index (χ4v) is 2.56. The van der Waals surface area contributed by atoms with Gasteiger partial charge in [-0.15, -0.1) is 0 Å². The van der Waals surface area contributed by atoms with Crippen LogP contribution in [0.15, 0.2) is 36.4 Å². The van der Waals surface area contributed by atoms with E-state index in [1.54, 1.807) is 36.4 Å². The molecule has 8 nitrogen and oxygen atoms in total. The molecule has 4 N–H and O–H groups in total. The first kappa shape index (κ1) is 19.9. The average molecular weight is 390 g/mol. The van der Waals surface area contributed by atoms with E-state index in [1.165, 1.54) is 0 Å². The van der Waals surface area contributed by atoms with Crippen molar-refractivity contribution < 1.29 is 28.4 Å².